The van der Waals surface area contributed by atoms with Gasteiger partial charge in [0.2, 0.25) is 5.43 Å². The lowest BCUT2D eigenvalue weighted by Crippen LogP contribution is -2.13. The van der Waals surface area contributed by atoms with Crippen molar-refractivity contribution in [3.8, 4) is 0 Å². The van der Waals surface area contributed by atoms with Crippen LogP contribution >= 0.6 is 0 Å². The maximum Gasteiger partial charge on any atom is 0.269 e. The van der Waals surface area contributed by atoms with E-state index >= 15 is 0 Å². The number of nitrogens with one attached hydrogen (secondary N) is 2. The molecule has 192 valence electrons. The van der Waals surface area contributed by atoms with Crippen molar-refractivity contribution in [1.29, 1.82) is 0 Å². The fourth-order valence-corrected chi connectivity index (χ4v) is 3.87. The first-order chi connectivity index (χ1) is 18.7. The highest BCUT2D eigenvalue weighted by molar-refractivity contribution is 6.08. The lowest BCUT2D eigenvalue weighted by molar-refractivity contribution is -0.385. The van der Waals surface area contributed by atoms with E-state index in [2.05, 4.69) is 10.6 Å². The van der Waals surface area contributed by atoms with E-state index in [1.54, 1.807) is 0 Å². The summed E-state index contributed by atoms with van der Waals surface area (Å²) < 4.78 is 5.88. The SMILES string of the molecule is O=C(Nc1ccc([N+](=O)[O-])cc1)c1ccc2c(=O)c3ccc(C(=O)Nc4ccc([N+](=O)[O-])cc4)cc3oc2c1. The standard InChI is InChI=1S/C27H16N4O8/c32-25-21-11-1-15(26(33)28-17-3-7-19(8-4-17)30(35)36)13-23(21)39-24-14-16(2-12-22(24)25)27(34)29-18-5-9-20(10-6-18)31(37)38/h1-14H,(H,28,33)(H,29,34). The van der Waals surface area contributed by atoms with E-state index in [9.17, 15) is 34.6 Å². The maximum absolute atomic E-state index is 13.0. The topological polar surface area (TPSA) is 175 Å². The van der Waals surface area contributed by atoms with Crippen LogP contribution in [0.2, 0.25) is 0 Å². The van der Waals surface area contributed by atoms with Crippen molar-refractivity contribution in [2.75, 3.05) is 10.6 Å². The number of anilines is 2. The first kappa shape index (κ1) is 24.8. The van der Waals surface area contributed by atoms with Crippen molar-refractivity contribution < 1.29 is 23.9 Å². The Morgan fingerprint density at radius 1 is 0.615 bits per heavy atom. The first-order valence-corrected chi connectivity index (χ1v) is 11.3. The normalized spacial score (nSPS) is 10.8. The highest BCUT2D eigenvalue weighted by Crippen LogP contribution is 2.23. The van der Waals surface area contributed by atoms with Crippen LogP contribution in [0, 0.1) is 20.2 Å². The number of non-ortho nitro benzene ring substituents is 2. The summed E-state index contributed by atoms with van der Waals surface area (Å²) in [5.74, 6) is -1.05. The van der Waals surface area contributed by atoms with Gasteiger partial charge in [0, 0.05) is 46.8 Å². The molecule has 4 aromatic carbocycles. The predicted octanol–water partition coefficient (Wildman–Crippen LogP) is 5.27. The van der Waals surface area contributed by atoms with E-state index in [0.717, 1.165) is 0 Å². The number of amides is 2. The van der Waals surface area contributed by atoms with Gasteiger partial charge in [0.15, 0.2) is 0 Å². The molecule has 5 aromatic rings. The van der Waals surface area contributed by atoms with Crippen LogP contribution in [0.5, 0.6) is 0 Å². The number of nitro groups is 2. The summed E-state index contributed by atoms with van der Waals surface area (Å²) in [5.41, 5.74) is 0.695. The molecule has 5 rings (SSSR count). The van der Waals surface area contributed by atoms with Gasteiger partial charge in [-0.15, -0.1) is 0 Å². The molecule has 0 spiro atoms. The van der Waals surface area contributed by atoms with Crippen LogP contribution in [0.15, 0.2) is 94.1 Å². The molecular weight excluding hydrogens is 508 g/mol. The number of rotatable bonds is 6. The predicted molar refractivity (Wildman–Crippen MR) is 142 cm³/mol. The molecule has 0 unspecified atom stereocenters. The molecule has 2 N–H and O–H groups in total. The Morgan fingerprint density at radius 3 is 1.36 bits per heavy atom. The molecule has 39 heavy (non-hydrogen) atoms. The van der Waals surface area contributed by atoms with Crippen molar-refractivity contribution in [2.24, 2.45) is 0 Å². The Bertz CT molecular complexity index is 1730. The molecule has 1 aromatic heterocycles. The largest absolute Gasteiger partial charge is 0.456 e. The summed E-state index contributed by atoms with van der Waals surface area (Å²) >= 11 is 0. The zero-order chi connectivity index (χ0) is 27.7. The average molecular weight is 524 g/mol. The number of hydrogen-bond donors (Lipinski definition) is 2. The third-order valence-corrected chi connectivity index (χ3v) is 5.87. The first-order valence-electron chi connectivity index (χ1n) is 11.3. The van der Waals surface area contributed by atoms with Gasteiger partial charge in [-0.2, -0.15) is 0 Å². The van der Waals surface area contributed by atoms with Crippen LogP contribution in [-0.4, -0.2) is 21.7 Å². The van der Waals surface area contributed by atoms with Gasteiger partial charge in [-0.1, -0.05) is 0 Å². The molecule has 0 bridgehead atoms. The Kier molecular flexibility index (Phi) is 6.26. The summed E-state index contributed by atoms with van der Waals surface area (Å²) in [7, 11) is 0. The minimum Gasteiger partial charge on any atom is -0.456 e. The number of carbonyl (C=O) groups is 2. The van der Waals surface area contributed by atoms with Gasteiger partial charge < -0.3 is 15.1 Å². The maximum atomic E-state index is 13.0. The molecule has 12 heteroatoms. The molecule has 12 nitrogen and oxygen atoms in total. The number of nitro benzene ring substituents is 2. The molecule has 0 atom stereocenters. The lowest BCUT2D eigenvalue weighted by atomic mass is 10.1. The smallest absolute Gasteiger partial charge is 0.269 e. The van der Waals surface area contributed by atoms with E-state index in [4.69, 9.17) is 4.42 Å². The average Bonchev–Trinajstić information content (AvgIpc) is 2.93. The Hall–Kier alpha value is -5.91. The van der Waals surface area contributed by atoms with Gasteiger partial charge in [-0.05, 0) is 60.7 Å². The Balaban J connectivity index is 1.42. The minimum atomic E-state index is -0.550. The second kappa shape index (κ2) is 9.86. The van der Waals surface area contributed by atoms with Crippen LogP contribution in [0.25, 0.3) is 21.9 Å². The number of fused-ring (bicyclic) bond motifs is 2. The second-order valence-corrected chi connectivity index (χ2v) is 8.37. The number of nitrogens with zero attached hydrogens (tertiary/aromatic N) is 2. The van der Waals surface area contributed by atoms with Crippen molar-refractivity contribution in [1.82, 2.24) is 0 Å². The van der Waals surface area contributed by atoms with Crippen LogP contribution in [-0.2, 0) is 0 Å². The number of hydrogen-bond acceptors (Lipinski definition) is 8. The molecule has 0 radical (unpaired) electrons. The summed E-state index contributed by atoms with van der Waals surface area (Å²) in [6, 6.07) is 19.2. The summed E-state index contributed by atoms with van der Waals surface area (Å²) in [4.78, 5) is 59.1. The Labute approximate surface area is 217 Å². The zero-order valence-electron chi connectivity index (χ0n) is 19.7. The van der Waals surface area contributed by atoms with Crippen molar-refractivity contribution in [3.05, 3.63) is 127 Å². The second-order valence-electron chi connectivity index (χ2n) is 8.37. The van der Waals surface area contributed by atoms with E-state index in [1.807, 2.05) is 0 Å². The minimum absolute atomic E-state index is 0.117. The molecule has 0 aliphatic carbocycles. The van der Waals surface area contributed by atoms with Gasteiger partial charge in [-0.25, -0.2) is 0 Å². The molecule has 0 saturated heterocycles. The third kappa shape index (κ3) is 5.02. The van der Waals surface area contributed by atoms with Crippen LogP contribution < -0.4 is 16.1 Å². The Morgan fingerprint density at radius 2 is 1.00 bits per heavy atom. The van der Waals surface area contributed by atoms with E-state index in [-0.39, 0.29) is 49.9 Å². The monoisotopic (exact) mass is 524 g/mol. The molecule has 2 amide bonds. The van der Waals surface area contributed by atoms with Gasteiger partial charge in [0.1, 0.15) is 11.2 Å². The highest BCUT2D eigenvalue weighted by atomic mass is 16.6. The lowest BCUT2D eigenvalue weighted by Gasteiger charge is -2.08. The van der Waals surface area contributed by atoms with E-state index in [1.165, 1.54) is 84.9 Å². The van der Waals surface area contributed by atoms with Crippen LogP contribution in [0.1, 0.15) is 20.7 Å². The zero-order valence-corrected chi connectivity index (χ0v) is 19.7. The highest BCUT2D eigenvalue weighted by Gasteiger charge is 2.15. The van der Waals surface area contributed by atoms with Crippen molar-refractivity contribution in [3.63, 3.8) is 0 Å². The molecule has 0 aliphatic heterocycles. The van der Waals surface area contributed by atoms with Gasteiger partial charge >= 0.3 is 0 Å². The van der Waals surface area contributed by atoms with E-state index < -0.39 is 21.7 Å². The van der Waals surface area contributed by atoms with Crippen LogP contribution in [0.4, 0.5) is 22.7 Å². The molecule has 1 heterocycles. The molecular formula is C27H16N4O8. The molecule has 0 saturated carbocycles. The summed E-state index contributed by atoms with van der Waals surface area (Å²) in [6.07, 6.45) is 0. The van der Waals surface area contributed by atoms with E-state index in [0.29, 0.717) is 11.4 Å². The van der Waals surface area contributed by atoms with Crippen molar-refractivity contribution in [2.45, 2.75) is 0 Å². The van der Waals surface area contributed by atoms with Crippen molar-refractivity contribution >= 4 is 56.5 Å². The van der Waals surface area contributed by atoms with Gasteiger partial charge in [-0.3, -0.25) is 34.6 Å². The summed E-state index contributed by atoms with van der Waals surface area (Å²) in [6.45, 7) is 0. The quantitative estimate of drug-likeness (QED) is 0.172. The number of carbonyl (C=O) groups excluding carboxylic acids is 2. The fraction of sp³-hybridized carbons (Fsp3) is 0. The third-order valence-electron chi connectivity index (χ3n) is 5.87. The summed E-state index contributed by atoms with van der Waals surface area (Å²) in [5, 5.41) is 27.3. The van der Waals surface area contributed by atoms with Gasteiger partial charge in [0.25, 0.3) is 23.2 Å². The molecule has 0 aliphatic rings. The fourth-order valence-electron chi connectivity index (χ4n) is 3.87. The number of benzene rings is 4. The molecule has 0 fully saturated rings. The van der Waals surface area contributed by atoms with Crippen LogP contribution in [0.3, 0.4) is 0 Å². The van der Waals surface area contributed by atoms with Gasteiger partial charge in [0.05, 0.1) is 20.6 Å².